The lowest BCUT2D eigenvalue weighted by molar-refractivity contribution is 0.0943. The standard InChI is InChI=1S/C19H20N4O/c24-18(14-8-9-16-17(12-14)22-23-21-16)20-13-19(10-4-5-11-19)15-6-2-1-3-7-15/h1-3,6-9,12H,4-5,10-11,13H2,(H,20,24)(H,21,22,23). The molecule has 1 aliphatic rings. The molecule has 3 aromatic rings. The molecule has 24 heavy (non-hydrogen) atoms. The number of amides is 1. The van der Waals surface area contributed by atoms with E-state index in [1.54, 1.807) is 12.1 Å². The van der Waals surface area contributed by atoms with E-state index in [1.165, 1.54) is 18.4 Å². The summed E-state index contributed by atoms with van der Waals surface area (Å²) in [7, 11) is 0. The van der Waals surface area contributed by atoms with E-state index in [-0.39, 0.29) is 11.3 Å². The van der Waals surface area contributed by atoms with Gasteiger partial charge in [-0.1, -0.05) is 43.2 Å². The van der Waals surface area contributed by atoms with Crippen molar-refractivity contribution < 1.29 is 4.79 Å². The highest BCUT2D eigenvalue weighted by molar-refractivity contribution is 5.97. The van der Waals surface area contributed by atoms with Crippen molar-refractivity contribution in [2.24, 2.45) is 0 Å². The molecule has 1 amide bonds. The van der Waals surface area contributed by atoms with E-state index in [1.807, 2.05) is 12.1 Å². The monoisotopic (exact) mass is 320 g/mol. The van der Waals surface area contributed by atoms with Crippen molar-refractivity contribution in [2.45, 2.75) is 31.1 Å². The first-order chi connectivity index (χ1) is 11.8. The molecule has 2 aromatic carbocycles. The quantitative estimate of drug-likeness (QED) is 0.775. The van der Waals surface area contributed by atoms with Gasteiger partial charge in [-0.25, -0.2) is 0 Å². The Morgan fingerprint density at radius 2 is 1.79 bits per heavy atom. The summed E-state index contributed by atoms with van der Waals surface area (Å²) in [6.45, 7) is 0.673. The first-order valence-corrected chi connectivity index (χ1v) is 8.41. The molecule has 5 nitrogen and oxygen atoms in total. The zero-order valence-corrected chi connectivity index (χ0v) is 13.5. The van der Waals surface area contributed by atoms with Gasteiger partial charge in [0.25, 0.3) is 5.91 Å². The van der Waals surface area contributed by atoms with Crippen molar-refractivity contribution >= 4 is 16.9 Å². The predicted molar refractivity (Wildman–Crippen MR) is 92.8 cm³/mol. The van der Waals surface area contributed by atoms with Gasteiger partial charge < -0.3 is 5.32 Å². The van der Waals surface area contributed by atoms with Gasteiger partial charge in [-0.3, -0.25) is 4.79 Å². The van der Waals surface area contributed by atoms with Gasteiger partial charge in [-0.2, -0.15) is 15.4 Å². The molecule has 5 heteroatoms. The van der Waals surface area contributed by atoms with E-state index in [9.17, 15) is 4.79 Å². The molecule has 2 N–H and O–H groups in total. The fourth-order valence-electron chi connectivity index (χ4n) is 3.74. The van der Waals surface area contributed by atoms with Crippen LogP contribution in [0.15, 0.2) is 48.5 Å². The molecule has 1 fully saturated rings. The minimum atomic E-state index is -0.0536. The topological polar surface area (TPSA) is 70.7 Å². The third-order valence-corrected chi connectivity index (χ3v) is 5.11. The molecule has 4 rings (SSSR count). The van der Waals surface area contributed by atoms with Crippen molar-refractivity contribution in [3.63, 3.8) is 0 Å². The van der Waals surface area contributed by atoms with Crippen molar-refractivity contribution in [3.05, 3.63) is 59.7 Å². The highest BCUT2D eigenvalue weighted by Gasteiger charge is 2.35. The van der Waals surface area contributed by atoms with E-state index in [4.69, 9.17) is 0 Å². The van der Waals surface area contributed by atoms with E-state index in [2.05, 4.69) is 45.0 Å². The Bertz CT molecular complexity index is 850. The average molecular weight is 320 g/mol. The van der Waals surface area contributed by atoms with Crippen molar-refractivity contribution in [1.29, 1.82) is 0 Å². The van der Waals surface area contributed by atoms with Crippen molar-refractivity contribution in [2.75, 3.05) is 6.54 Å². The number of aromatic amines is 1. The van der Waals surface area contributed by atoms with Gasteiger partial charge in [0.1, 0.15) is 11.0 Å². The number of aromatic nitrogens is 3. The van der Waals surface area contributed by atoms with Crippen molar-refractivity contribution in [1.82, 2.24) is 20.7 Å². The maximum atomic E-state index is 12.6. The summed E-state index contributed by atoms with van der Waals surface area (Å²) in [5, 5.41) is 13.8. The first kappa shape index (κ1) is 14.9. The lowest BCUT2D eigenvalue weighted by Crippen LogP contribution is -2.39. The maximum absolute atomic E-state index is 12.6. The van der Waals surface area contributed by atoms with E-state index in [0.29, 0.717) is 17.6 Å². The third-order valence-electron chi connectivity index (χ3n) is 5.11. The number of nitrogens with zero attached hydrogens (tertiary/aromatic N) is 2. The third kappa shape index (κ3) is 2.66. The molecule has 0 radical (unpaired) electrons. The summed E-state index contributed by atoms with van der Waals surface area (Å²) in [6, 6.07) is 15.9. The summed E-state index contributed by atoms with van der Waals surface area (Å²) < 4.78 is 0. The summed E-state index contributed by atoms with van der Waals surface area (Å²) in [5.41, 5.74) is 3.49. The zero-order valence-electron chi connectivity index (χ0n) is 13.5. The molecule has 1 aliphatic carbocycles. The van der Waals surface area contributed by atoms with Crippen LogP contribution in [-0.2, 0) is 5.41 Å². The number of nitrogens with one attached hydrogen (secondary N) is 2. The van der Waals surface area contributed by atoms with E-state index in [0.717, 1.165) is 18.4 Å². The fraction of sp³-hybridized carbons (Fsp3) is 0.316. The summed E-state index contributed by atoms with van der Waals surface area (Å²) in [5.74, 6) is -0.0536. The Balaban J connectivity index is 1.52. The second-order valence-electron chi connectivity index (χ2n) is 6.56. The Morgan fingerprint density at radius 3 is 2.58 bits per heavy atom. The summed E-state index contributed by atoms with van der Waals surface area (Å²) in [4.78, 5) is 12.6. The Hall–Kier alpha value is -2.69. The molecular formula is C19H20N4O. The molecule has 0 aliphatic heterocycles. The molecule has 0 unspecified atom stereocenters. The molecule has 1 saturated carbocycles. The Morgan fingerprint density at radius 1 is 1.04 bits per heavy atom. The van der Waals surface area contributed by atoms with Crippen LogP contribution in [-0.4, -0.2) is 27.9 Å². The number of hydrogen-bond acceptors (Lipinski definition) is 3. The number of fused-ring (bicyclic) bond motifs is 1. The Labute approximate surface area is 140 Å². The van der Waals surface area contributed by atoms with Crippen molar-refractivity contribution in [3.8, 4) is 0 Å². The zero-order chi connectivity index (χ0) is 16.4. The number of rotatable bonds is 4. The van der Waals surface area contributed by atoms with Gasteiger partial charge in [0, 0.05) is 17.5 Å². The summed E-state index contributed by atoms with van der Waals surface area (Å²) in [6.07, 6.45) is 4.69. The lowest BCUT2D eigenvalue weighted by atomic mass is 9.79. The van der Waals surface area contributed by atoms with Crippen LogP contribution in [0.1, 0.15) is 41.6 Å². The minimum absolute atomic E-state index is 0.0536. The van der Waals surface area contributed by atoms with Gasteiger partial charge in [0.2, 0.25) is 0 Å². The van der Waals surface area contributed by atoms with Gasteiger partial charge in [-0.05, 0) is 36.6 Å². The number of carbonyl (C=O) groups is 1. The summed E-state index contributed by atoms with van der Waals surface area (Å²) >= 11 is 0. The van der Waals surface area contributed by atoms with Gasteiger partial charge >= 0.3 is 0 Å². The predicted octanol–water partition coefficient (Wildman–Crippen LogP) is 3.20. The molecule has 0 bridgehead atoms. The van der Waals surface area contributed by atoms with Crippen LogP contribution in [0.3, 0.4) is 0 Å². The van der Waals surface area contributed by atoms with Crippen LogP contribution in [0.2, 0.25) is 0 Å². The first-order valence-electron chi connectivity index (χ1n) is 8.41. The normalized spacial score (nSPS) is 16.3. The smallest absolute Gasteiger partial charge is 0.251 e. The van der Waals surface area contributed by atoms with Crippen LogP contribution >= 0.6 is 0 Å². The van der Waals surface area contributed by atoms with Gasteiger partial charge in [0.05, 0.1) is 0 Å². The fourth-order valence-corrected chi connectivity index (χ4v) is 3.74. The van der Waals surface area contributed by atoms with Gasteiger partial charge in [0.15, 0.2) is 0 Å². The highest BCUT2D eigenvalue weighted by atomic mass is 16.1. The SMILES string of the molecule is O=C(NCC1(c2ccccc2)CCCC1)c1ccc2n[nH]nc2c1. The number of carbonyl (C=O) groups excluding carboxylic acids is 1. The van der Waals surface area contributed by atoms with Crippen LogP contribution < -0.4 is 5.32 Å². The second kappa shape index (κ2) is 6.07. The molecule has 0 spiro atoms. The minimum Gasteiger partial charge on any atom is -0.351 e. The highest BCUT2D eigenvalue weighted by Crippen LogP contribution is 2.40. The molecular weight excluding hydrogens is 300 g/mol. The average Bonchev–Trinajstić information content (AvgIpc) is 3.30. The van der Waals surface area contributed by atoms with Crippen LogP contribution in [0.25, 0.3) is 11.0 Å². The lowest BCUT2D eigenvalue weighted by Gasteiger charge is -2.30. The van der Waals surface area contributed by atoms with Crippen LogP contribution in [0.5, 0.6) is 0 Å². The largest absolute Gasteiger partial charge is 0.351 e. The molecule has 1 heterocycles. The molecule has 0 atom stereocenters. The number of hydrogen-bond donors (Lipinski definition) is 2. The maximum Gasteiger partial charge on any atom is 0.251 e. The van der Waals surface area contributed by atoms with Gasteiger partial charge in [-0.15, -0.1) is 0 Å². The van der Waals surface area contributed by atoms with E-state index >= 15 is 0 Å². The second-order valence-corrected chi connectivity index (χ2v) is 6.56. The van der Waals surface area contributed by atoms with Crippen LogP contribution in [0.4, 0.5) is 0 Å². The van der Waals surface area contributed by atoms with Crippen LogP contribution in [0, 0.1) is 0 Å². The number of benzene rings is 2. The van der Waals surface area contributed by atoms with E-state index < -0.39 is 0 Å². The molecule has 1 aromatic heterocycles. The number of H-pyrrole nitrogens is 1. The Kier molecular flexibility index (Phi) is 3.76. The molecule has 122 valence electrons. The molecule has 0 saturated heterocycles.